The molecule has 0 radical (unpaired) electrons. The molecule has 0 saturated heterocycles. The van der Waals surface area contributed by atoms with E-state index in [2.05, 4.69) is 299 Å². The van der Waals surface area contributed by atoms with Crippen molar-refractivity contribution in [1.29, 1.82) is 0 Å². The van der Waals surface area contributed by atoms with Gasteiger partial charge in [-0.1, -0.05) is 182 Å². The van der Waals surface area contributed by atoms with Gasteiger partial charge >= 0.3 is 0 Å². The van der Waals surface area contributed by atoms with Crippen LogP contribution in [0, 0.1) is 0 Å². The van der Waals surface area contributed by atoms with E-state index < -0.39 is 0 Å². The topological polar surface area (TPSA) is 26.1 Å². The largest absolute Gasteiger partial charge is 0.456 e. The van der Waals surface area contributed by atoms with Crippen molar-refractivity contribution in [3.8, 4) is 11.1 Å². The molecule has 14 aromatic rings. The van der Waals surface area contributed by atoms with Crippen LogP contribution in [0.25, 0.3) is 54.6 Å². The lowest BCUT2D eigenvalue weighted by Gasteiger charge is -2.47. The summed E-state index contributed by atoms with van der Waals surface area (Å²) >= 11 is 0. The van der Waals surface area contributed by atoms with E-state index in [-0.39, 0.29) is 13.4 Å². The summed E-state index contributed by atoms with van der Waals surface area (Å²) in [4.78, 5) is 10.2. The van der Waals surface area contributed by atoms with Crippen molar-refractivity contribution in [3.05, 3.63) is 279 Å². The molecule has 18 rings (SSSR count). The molecule has 1 aromatic heterocycles. The molecule has 0 unspecified atom stereocenters. The number of furan rings is 1. The third-order valence-corrected chi connectivity index (χ3v) is 17.7. The van der Waals surface area contributed by atoms with Gasteiger partial charge in [0.2, 0.25) is 0 Å². The lowest BCUT2D eigenvalue weighted by Crippen LogP contribution is -2.65. The Bertz CT molecular complexity index is 4880. The van der Waals surface area contributed by atoms with Crippen LogP contribution in [0.1, 0.15) is 0 Å². The first-order chi connectivity index (χ1) is 40.2. The highest BCUT2D eigenvalue weighted by Gasteiger charge is 2.49. The Hall–Kier alpha value is -10.5. The summed E-state index contributed by atoms with van der Waals surface area (Å²) in [5.74, 6) is 0. The van der Waals surface area contributed by atoms with Crippen molar-refractivity contribution in [3.63, 3.8) is 0 Å². The van der Waals surface area contributed by atoms with Crippen LogP contribution in [0.3, 0.4) is 0 Å². The zero-order chi connectivity index (χ0) is 52.9. The third-order valence-electron chi connectivity index (χ3n) is 17.7. The highest BCUT2D eigenvalue weighted by Crippen LogP contribution is 2.53. The Labute approximate surface area is 469 Å². The maximum absolute atomic E-state index is 7.02. The van der Waals surface area contributed by atoms with E-state index in [4.69, 9.17) is 4.42 Å². The summed E-state index contributed by atoms with van der Waals surface area (Å²) in [5, 5.41) is 7.12. The number of nitrogens with zero attached hydrogens (tertiary/aromatic N) is 4. The summed E-state index contributed by atoms with van der Waals surface area (Å²) in [5.41, 5.74) is 25.4. The molecule has 0 amide bonds. The van der Waals surface area contributed by atoms with Crippen LogP contribution < -0.4 is 52.4 Å². The number of fused-ring (bicyclic) bond motifs is 14. The van der Waals surface area contributed by atoms with E-state index in [0.717, 1.165) is 78.8 Å². The minimum absolute atomic E-state index is 0.129. The van der Waals surface area contributed by atoms with Gasteiger partial charge < -0.3 is 24.0 Å². The summed E-state index contributed by atoms with van der Waals surface area (Å²) < 4.78 is 7.02. The Morgan fingerprint density at radius 2 is 0.691 bits per heavy atom. The van der Waals surface area contributed by atoms with Gasteiger partial charge in [0, 0.05) is 74.0 Å². The average molecular weight is 1030 g/mol. The normalized spacial score (nSPS) is 13.5. The van der Waals surface area contributed by atoms with E-state index in [1.54, 1.807) is 0 Å². The van der Waals surface area contributed by atoms with Gasteiger partial charge in [0.15, 0.2) is 0 Å². The number of para-hydroxylation sites is 7. The molecule has 7 heteroatoms. The van der Waals surface area contributed by atoms with Crippen LogP contribution in [-0.2, 0) is 0 Å². The minimum atomic E-state index is -0.141. The van der Waals surface area contributed by atoms with Crippen molar-refractivity contribution in [2.24, 2.45) is 0 Å². The number of anilines is 12. The Kier molecular flexibility index (Phi) is 9.34. The number of rotatable bonds is 5. The second kappa shape index (κ2) is 17.0. The van der Waals surface area contributed by atoms with Crippen LogP contribution in [-0.4, -0.2) is 13.4 Å². The lowest BCUT2D eigenvalue weighted by molar-refractivity contribution is 0.669. The molecule has 0 saturated carbocycles. The molecular weight excluding hydrogens is 982 g/mol. The maximum Gasteiger partial charge on any atom is 0.252 e. The molecule has 4 aliphatic heterocycles. The van der Waals surface area contributed by atoms with E-state index >= 15 is 0 Å². The maximum atomic E-state index is 7.02. The predicted octanol–water partition coefficient (Wildman–Crippen LogP) is 15.7. The summed E-state index contributed by atoms with van der Waals surface area (Å²) in [6.07, 6.45) is 0. The third kappa shape index (κ3) is 6.29. The van der Waals surface area contributed by atoms with Crippen molar-refractivity contribution < 1.29 is 4.42 Å². The van der Waals surface area contributed by atoms with Gasteiger partial charge in [-0.25, -0.2) is 0 Å². The number of benzene rings is 13. The van der Waals surface area contributed by atoms with E-state index in [9.17, 15) is 0 Å². The Balaban J connectivity index is 0.993. The second-order valence-electron chi connectivity index (χ2n) is 21.9. The first-order valence-electron chi connectivity index (χ1n) is 28.1. The number of hydrogen-bond donors (Lipinski definition) is 0. The molecule has 5 nitrogen and oxygen atoms in total. The van der Waals surface area contributed by atoms with Crippen LogP contribution in [0.15, 0.2) is 283 Å². The first-order valence-corrected chi connectivity index (χ1v) is 28.1. The van der Waals surface area contributed by atoms with E-state index in [0.29, 0.717) is 0 Å². The standard InChI is InChI=1S/C74H46B2N4O/c1-5-25-50(26-6-1)77-61-38-20-18-36-57(61)75-59-44-60-64(45-63(59)78(51-27-7-2-8-28-51)66-43-49(42-65(77)72(66)75)70-54-33-15-13-23-47(54)41-48-24-14-16-34-55(48)70)79(52-29-9-3-10-30-52)67-46-69-71(56-35-17-22-40-68(56)81-69)74-73(67)76(60)58-37-19-21-39-62(58)80(74)53-31-11-4-12-32-53/h1-46H. The van der Waals surface area contributed by atoms with Gasteiger partial charge in [-0.15, -0.1) is 0 Å². The molecule has 4 aliphatic rings. The second-order valence-corrected chi connectivity index (χ2v) is 21.9. The van der Waals surface area contributed by atoms with Gasteiger partial charge in [-0.3, -0.25) is 0 Å². The fraction of sp³-hybridized carbons (Fsp3) is 0. The Morgan fingerprint density at radius 1 is 0.272 bits per heavy atom. The molecule has 0 atom stereocenters. The molecule has 0 fully saturated rings. The monoisotopic (exact) mass is 1030 g/mol. The predicted molar refractivity (Wildman–Crippen MR) is 342 cm³/mol. The van der Waals surface area contributed by atoms with Gasteiger partial charge in [-0.2, -0.15) is 0 Å². The van der Waals surface area contributed by atoms with Crippen LogP contribution >= 0.6 is 0 Å². The fourth-order valence-corrected chi connectivity index (χ4v) is 14.5. The highest BCUT2D eigenvalue weighted by atomic mass is 16.3. The van der Waals surface area contributed by atoms with Crippen molar-refractivity contribution >= 4 is 158 Å². The van der Waals surface area contributed by atoms with Crippen LogP contribution in [0.5, 0.6) is 0 Å². The number of hydrogen-bond acceptors (Lipinski definition) is 5. The van der Waals surface area contributed by atoms with Gasteiger partial charge in [0.1, 0.15) is 11.2 Å². The van der Waals surface area contributed by atoms with Crippen LogP contribution in [0.2, 0.25) is 0 Å². The lowest BCUT2D eigenvalue weighted by atomic mass is 9.30. The first kappa shape index (κ1) is 44.5. The van der Waals surface area contributed by atoms with Gasteiger partial charge in [0.05, 0.1) is 11.1 Å². The van der Waals surface area contributed by atoms with E-state index in [1.165, 1.54) is 76.8 Å². The van der Waals surface area contributed by atoms with Crippen molar-refractivity contribution in [2.75, 3.05) is 19.6 Å². The van der Waals surface area contributed by atoms with E-state index in [1.807, 2.05) is 0 Å². The smallest absolute Gasteiger partial charge is 0.252 e. The molecule has 0 spiro atoms. The molecule has 0 bridgehead atoms. The molecule has 5 heterocycles. The highest BCUT2D eigenvalue weighted by molar-refractivity contribution is 7.03. The zero-order valence-electron chi connectivity index (χ0n) is 43.9. The van der Waals surface area contributed by atoms with Crippen molar-refractivity contribution in [2.45, 2.75) is 0 Å². The summed E-state index contributed by atoms with van der Waals surface area (Å²) in [7, 11) is 0. The Morgan fingerprint density at radius 3 is 1.25 bits per heavy atom. The minimum Gasteiger partial charge on any atom is -0.456 e. The van der Waals surface area contributed by atoms with Gasteiger partial charge in [-0.05, 0) is 156 Å². The summed E-state index contributed by atoms with van der Waals surface area (Å²) in [6, 6.07) is 103. The van der Waals surface area contributed by atoms with Crippen LogP contribution in [0.4, 0.5) is 68.2 Å². The molecule has 81 heavy (non-hydrogen) atoms. The molecular formula is C74H46B2N4O. The molecule has 0 aliphatic carbocycles. The molecule has 374 valence electrons. The quantitative estimate of drug-likeness (QED) is 0.126. The fourth-order valence-electron chi connectivity index (χ4n) is 14.5. The van der Waals surface area contributed by atoms with Crippen molar-refractivity contribution in [1.82, 2.24) is 0 Å². The van der Waals surface area contributed by atoms with Gasteiger partial charge in [0.25, 0.3) is 13.4 Å². The zero-order valence-corrected chi connectivity index (χ0v) is 43.9. The molecule has 0 N–H and O–H groups in total. The SMILES string of the molecule is c1ccc(N2c3ccccc3B3c4cc5c(cc4N(c4ccccc4)c4cc(-c6c7ccccc7cc7ccccc67)cc2c43)N(c2ccccc2)c2cc3oc4ccccc4c3c3c2B5c2ccccc2N3c2ccccc2)cc1. The average Bonchev–Trinajstić information content (AvgIpc) is 4.08. The molecule has 13 aromatic carbocycles. The summed E-state index contributed by atoms with van der Waals surface area (Å²) in [6.45, 7) is -0.270.